The van der Waals surface area contributed by atoms with Crippen LogP contribution < -0.4 is 9.88 Å². The van der Waals surface area contributed by atoms with Gasteiger partial charge in [0, 0.05) is 6.07 Å². The third kappa shape index (κ3) is 3.42. The molecule has 4 nitrogen and oxygen atoms in total. The molecule has 106 valence electrons. The molecule has 0 amide bonds. The highest BCUT2D eigenvalue weighted by Gasteiger charge is 2.24. The second-order valence-corrected chi connectivity index (χ2v) is 6.17. The van der Waals surface area contributed by atoms with Crippen molar-refractivity contribution in [3.8, 4) is 5.75 Å². The summed E-state index contributed by atoms with van der Waals surface area (Å²) in [4.78, 5) is -0.643. The molecule has 0 heterocycles. The maximum atomic E-state index is 13.7. The Kier molecular flexibility index (Phi) is 4.05. The average molecular weight is 291 g/mol. The number of primary sulfonamides is 1. The molecule has 1 aliphatic rings. The van der Waals surface area contributed by atoms with Gasteiger partial charge in [0.05, 0.1) is 6.10 Å². The molecule has 19 heavy (non-hydrogen) atoms. The fraction of sp³-hybridized carbons (Fsp3) is 0.500. The smallest absolute Gasteiger partial charge is 0.241 e. The van der Waals surface area contributed by atoms with Crippen LogP contribution in [0.25, 0.3) is 0 Å². The summed E-state index contributed by atoms with van der Waals surface area (Å²) in [5, 5.41) is 4.96. The third-order valence-electron chi connectivity index (χ3n) is 3.12. The zero-order chi connectivity index (χ0) is 14.0. The molecule has 0 radical (unpaired) electrons. The van der Waals surface area contributed by atoms with Gasteiger partial charge >= 0.3 is 0 Å². The molecule has 0 saturated heterocycles. The van der Waals surface area contributed by atoms with E-state index in [1.54, 1.807) is 0 Å². The molecule has 0 atom stereocenters. The lowest BCUT2D eigenvalue weighted by atomic mass is 9.98. The largest absolute Gasteiger partial charge is 0.486 e. The first-order valence-corrected chi connectivity index (χ1v) is 7.61. The summed E-state index contributed by atoms with van der Waals surface area (Å²) < 4.78 is 54.9. The van der Waals surface area contributed by atoms with Crippen LogP contribution in [0.15, 0.2) is 17.0 Å². The third-order valence-corrected chi connectivity index (χ3v) is 4.03. The van der Waals surface area contributed by atoms with Crippen LogP contribution in [0.5, 0.6) is 5.75 Å². The van der Waals surface area contributed by atoms with Gasteiger partial charge in [0.1, 0.15) is 10.7 Å². The summed E-state index contributed by atoms with van der Waals surface area (Å²) in [6, 6.07) is 1.27. The van der Waals surface area contributed by atoms with Crippen molar-refractivity contribution in [1.82, 2.24) is 0 Å². The van der Waals surface area contributed by atoms with E-state index in [2.05, 4.69) is 0 Å². The minimum Gasteiger partial charge on any atom is -0.486 e. The fourth-order valence-electron chi connectivity index (χ4n) is 2.21. The molecule has 2 N–H and O–H groups in total. The average Bonchev–Trinajstić information content (AvgIpc) is 2.32. The Balaban J connectivity index is 2.37. The maximum absolute atomic E-state index is 13.7. The summed E-state index contributed by atoms with van der Waals surface area (Å²) in [7, 11) is -4.23. The highest BCUT2D eigenvalue weighted by atomic mass is 32.2. The van der Waals surface area contributed by atoms with Crippen molar-refractivity contribution in [2.24, 2.45) is 5.14 Å². The Morgan fingerprint density at radius 3 is 2.37 bits per heavy atom. The van der Waals surface area contributed by atoms with Crippen molar-refractivity contribution in [2.45, 2.75) is 43.1 Å². The molecule has 0 aliphatic heterocycles. The van der Waals surface area contributed by atoms with Crippen LogP contribution in [0, 0.1) is 11.6 Å². The van der Waals surface area contributed by atoms with Crippen LogP contribution in [-0.4, -0.2) is 14.5 Å². The zero-order valence-corrected chi connectivity index (χ0v) is 11.1. The number of benzene rings is 1. The van der Waals surface area contributed by atoms with Crippen molar-refractivity contribution >= 4 is 10.0 Å². The van der Waals surface area contributed by atoms with Crippen LogP contribution in [-0.2, 0) is 10.0 Å². The van der Waals surface area contributed by atoms with Gasteiger partial charge in [-0.15, -0.1) is 0 Å². The quantitative estimate of drug-likeness (QED) is 0.929. The summed E-state index contributed by atoms with van der Waals surface area (Å²) in [6.45, 7) is 0. The maximum Gasteiger partial charge on any atom is 0.241 e. The monoisotopic (exact) mass is 291 g/mol. The van der Waals surface area contributed by atoms with Gasteiger partial charge in [0.15, 0.2) is 11.6 Å². The molecular weight excluding hydrogens is 276 g/mol. The Hall–Kier alpha value is -1.21. The summed E-state index contributed by atoms with van der Waals surface area (Å²) in [5.74, 6) is -2.53. The topological polar surface area (TPSA) is 69.4 Å². The van der Waals surface area contributed by atoms with Gasteiger partial charge in [-0.25, -0.2) is 22.3 Å². The first kappa shape index (κ1) is 14.2. The van der Waals surface area contributed by atoms with E-state index in [0.29, 0.717) is 12.1 Å². The van der Waals surface area contributed by atoms with E-state index in [4.69, 9.17) is 9.88 Å². The van der Waals surface area contributed by atoms with E-state index in [0.717, 1.165) is 32.1 Å². The van der Waals surface area contributed by atoms with Crippen LogP contribution in [0.4, 0.5) is 8.78 Å². The number of hydrogen-bond donors (Lipinski definition) is 1. The predicted molar refractivity (Wildman–Crippen MR) is 65.2 cm³/mol. The molecule has 1 saturated carbocycles. The molecule has 7 heteroatoms. The molecule has 1 aliphatic carbocycles. The lowest BCUT2D eigenvalue weighted by Crippen LogP contribution is -2.23. The van der Waals surface area contributed by atoms with Crippen LogP contribution >= 0.6 is 0 Å². The SMILES string of the molecule is NS(=O)(=O)c1cc(F)cc(F)c1OC1CCCCC1. The van der Waals surface area contributed by atoms with E-state index < -0.39 is 32.3 Å². The second-order valence-electron chi connectivity index (χ2n) is 4.64. The molecule has 0 bridgehead atoms. The minimum absolute atomic E-state index is 0.255. The standard InChI is InChI=1S/C12H15F2NO3S/c13-8-6-10(14)12(11(7-8)19(15,16)17)18-9-4-2-1-3-5-9/h6-7,9H,1-5H2,(H2,15,16,17). The van der Waals surface area contributed by atoms with Crippen LogP contribution in [0.1, 0.15) is 32.1 Å². The van der Waals surface area contributed by atoms with Gasteiger partial charge in [0.25, 0.3) is 0 Å². The van der Waals surface area contributed by atoms with Crippen molar-refractivity contribution in [3.05, 3.63) is 23.8 Å². The van der Waals surface area contributed by atoms with Crippen molar-refractivity contribution in [3.63, 3.8) is 0 Å². The minimum atomic E-state index is -4.23. The van der Waals surface area contributed by atoms with Crippen molar-refractivity contribution in [2.75, 3.05) is 0 Å². The predicted octanol–water partition coefficient (Wildman–Crippen LogP) is 2.32. The Morgan fingerprint density at radius 1 is 1.16 bits per heavy atom. The van der Waals surface area contributed by atoms with Crippen LogP contribution in [0.3, 0.4) is 0 Å². The normalized spacial score (nSPS) is 17.4. The fourth-order valence-corrected chi connectivity index (χ4v) is 2.89. The number of nitrogens with two attached hydrogens (primary N) is 1. The van der Waals surface area contributed by atoms with Gasteiger partial charge in [-0.05, 0) is 31.7 Å². The highest BCUT2D eigenvalue weighted by molar-refractivity contribution is 7.89. The van der Waals surface area contributed by atoms with Gasteiger partial charge in [-0.3, -0.25) is 0 Å². The number of ether oxygens (including phenoxy) is 1. The van der Waals surface area contributed by atoms with Gasteiger partial charge in [0.2, 0.25) is 10.0 Å². The Morgan fingerprint density at radius 2 is 1.79 bits per heavy atom. The number of hydrogen-bond acceptors (Lipinski definition) is 3. The van der Waals surface area contributed by atoms with Crippen molar-refractivity contribution in [1.29, 1.82) is 0 Å². The van der Waals surface area contributed by atoms with E-state index in [-0.39, 0.29) is 6.10 Å². The van der Waals surface area contributed by atoms with E-state index in [1.165, 1.54) is 0 Å². The number of rotatable bonds is 3. The van der Waals surface area contributed by atoms with E-state index in [9.17, 15) is 17.2 Å². The Bertz CT molecular complexity index is 569. The molecular formula is C12H15F2NO3S. The van der Waals surface area contributed by atoms with Gasteiger partial charge < -0.3 is 4.74 Å². The van der Waals surface area contributed by atoms with Crippen LogP contribution in [0.2, 0.25) is 0 Å². The number of halogens is 2. The van der Waals surface area contributed by atoms with Gasteiger partial charge in [-0.1, -0.05) is 6.42 Å². The number of sulfonamides is 1. The molecule has 0 aromatic heterocycles. The van der Waals surface area contributed by atoms with E-state index >= 15 is 0 Å². The molecule has 1 aromatic carbocycles. The first-order chi connectivity index (χ1) is 8.88. The second kappa shape index (κ2) is 5.42. The Labute approximate surface area is 110 Å². The first-order valence-electron chi connectivity index (χ1n) is 6.06. The highest BCUT2D eigenvalue weighted by Crippen LogP contribution is 2.31. The summed E-state index contributed by atoms with van der Waals surface area (Å²) >= 11 is 0. The summed E-state index contributed by atoms with van der Waals surface area (Å²) in [6.07, 6.45) is 4.15. The van der Waals surface area contributed by atoms with Crippen molar-refractivity contribution < 1.29 is 21.9 Å². The molecule has 0 unspecified atom stereocenters. The van der Waals surface area contributed by atoms with Gasteiger partial charge in [-0.2, -0.15) is 0 Å². The summed E-state index contributed by atoms with van der Waals surface area (Å²) in [5.41, 5.74) is 0. The zero-order valence-electron chi connectivity index (χ0n) is 10.2. The molecule has 2 rings (SSSR count). The molecule has 1 aromatic rings. The molecule has 1 fully saturated rings. The lowest BCUT2D eigenvalue weighted by molar-refractivity contribution is 0.144. The lowest BCUT2D eigenvalue weighted by Gasteiger charge is -2.24. The van der Waals surface area contributed by atoms with E-state index in [1.807, 2.05) is 0 Å². The molecule has 0 spiro atoms.